The van der Waals surface area contributed by atoms with E-state index in [1.54, 1.807) is 24.5 Å². The monoisotopic (exact) mass is 319 g/mol. The molecule has 1 saturated carbocycles. The molecule has 0 unspecified atom stereocenters. The number of nitrogens with zero attached hydrogens (tertiary/aromatic N) is 1. The van der Waals surface area contributed by atoms with Gasteiger partial charge < -0.3 is 20.1 Å². The second-order valence-corrected chi connectivity index (χ2v) is 5.96. The lowest BCUT2D eigenvalue weighted by atomic mass is 9.84. The first-order valence-electron chi connectivity index (χ1n) is 8.01. The Morgan fingerprint density at radius 1 is 1.39 bits per heavy atom. The van der Waals surface area contributed by atoms with Crippen LogP contribution < -0.4 is 10.1 Å². The Hall–Kier alpha value is -1.92. The van der Waals surface area contributed by atoms with Crippen LogP contribution in [0.3, 0.4) is 0 Å². The van der Waals surface area contributed by atoms with Gasteiger partial charge in [0, 0.05) is 30.9 Å². The van der Waals surface area contributed by atoms with Crippen molar-refractivity contribution in [3.63, 3.8) is 0 Å². The topological polar surface area (TPSA) is 70.2 Å². The standard InChI is InChI=1S/C17H22FN3O2/c18-13-4-2-5-14(9-13)23-15-6-1-3-12(17(15)22)10-19-11-16-20-7-8-21-16/h2,4-5,7-9,12,15,17,19,22H,1,3,6,10-11H2,(H,20,21)/t12-,15-,17-/m1/s1. The largest absolute Gasteiger partial charge is 0.488 e. The van der Waals surface area contributed by atoms with Crippen molar-refractivity contribution in [3.8, 4) is 5.75 Å². The highest BCUT2D eigenvalue weighted by Crippen LogP contribution is 2.28. The van der Waals surface area contributed by atoms with Gasteiger partial charge in [-0.1, -0.05) is 6.07 Å². The highest BCUT2D eigenvalue weighted by atomic mass is 19.1. The van der Waals surface area contributed by atoms with Gasteiger partial charge in [0.05, 0.1) is 12.6 Å². The number of imidazole rings is 1. The highest BCUT2D eigenvalue weighted by molar-refractivity contribution is 5.23. The van der Waals surface area contributed by atoms with Crippen LogP contribution in [-0.2, 0) is 6.54 Å². The smallest absolute Gasteiger partial charge is 0.126 e. The third-order valence-corrected chi connectivity index (χ3v) is 4.26. The minimum atomic E-state index is -0.559. The number of hydrogen-bond donors (Lipinski definition) is 3. The maximum atomic E-state index is 13.2. The van der Waals surface area contributed by atoms with E-state index in [0.29, 0.717) is 18.8 Å². The number of aromatic nitrogens is 2. The van der Waals surface area contributed by atoms with E-state index in [2.05, 4.69) is 15.3 Å². The van der Waals surface area contributed by atoms with Crippen LogP contribution in [0.25, 0.3) is 0 Å². The predicted molar refractivity (Wildman–Crippen MR) is 84.5 cm³/mol. The first-order valence-corrected chi connectivity index (χ1v) is 8.01. The summed E-state index contributed by atoms with van der Waals surface area (Å²) in [5.41, 5.74) is 0. The average molecular weight is 319 g/mol. The van der Waals surface area contributed by atoms with Crippen molar-refractivity contribution in [1.29, 1.82) is 0 Å². The van der Waals surface area contributed by atoms with Gasteiger partial charge in [-0.15, -0.1) is 0 Å². The molecule has 5 nitrogen and oxygen atoms in total. The van der Waals surface area contributed by atoms with Crippen LogP contribution in [0, 0.1) is 11.7 Å². The van der Waals surface area contributed by atoms with Crippen LogP contribution in [0.4, 0.5) is 4.39 Å². The van der Waals surface area contributed by atoms with Gasteiger partial charge >= 0.3 is 0 Å². The lowest BCUT2D eigenvalue weighted by molar-refractivity contribution is -0.0307. The van der Waals surface area contributed by atoms with Crippen molar-refractivity contribution >= 4 is 0 Å². The number of rotatable bonds is 6. The van der Waals surface area contributed by atoms with Gasteiger partial charge in [0.25, 0.3) is 0 Å². The van der Waals surface area contributed by atoms with Crippen molar-refractivity contribution in [2.75, 3.05) is 6.54 Å². The zero-order valence-electron chi connectivity index (χ0n) is 12.9. The Kier molecular flexibility index (Phi) is 5.25. The van der Waals surface area contributed by atoms with Crippen molar-refractivity contribution in [1.82, 2.24) is 15.3 Å². The quantitative estimate of drug-likeness (QED) is 0.764. The summed E-state index contributed by atoms with van der Waals surface area (Å²) >= 11 is 0. The van der Waals surface area contributed by atoms with Crippen LogP contribution in [0.15, 0.2) is 36.7 Å². The Balaban J connectivity index is 1.52. The first-order chi connectivity index (χ1) is 11.2. The third kappa shape index (κ3) is 4.30. The van der Waals surface area contributed by atoms with Gasteiger partial charge in [-0.2, -0.15) is 0 Å². The molecule has 0 saturated heterocycles. The van der Waals surface area contributed by atoms with Gasteiger partial charge in [-0.25, -0.2) is 9.37 Å². The zero-order valence-corrected chi connectivity index (χ0v) is 12.9. The van der Waals surface area contributed by atoms with Crippen LogP contribution >= 0.6 is 0 Å². The summed E-state index contributed by atoms with van der Waals surface area (Å²) in [6.45, 7) is 1.34. The Bertz CT molecular complexity index is 606. The molecule has 124 valence electrons. The molecule has 0 radical (unpaired) electrons. The molecule has 2 aromatic rings. The van der Waals surface area contributed by atoms with Crippen molar-refractivity contribution < 1.29 is 14.2 Å². The van der Waals surface area contributed by atoms with Gasteiger partial charge in [0.15, 0.2) is 0 Å². The third-order valence-electron chi connectivity index (χ3n) is 4.26. The van der Waals surface area contributed by atoms with E-state index in [1.807, 2.05) is 0 Å². The van der Waals surface area contributed by atoms with E-state index in [9.17, 15) is 9.50 Å². The summed E-state index contributed by atoms with van der Waals surface area (Å²) in [6, 6.07) is 6.06. The highest BCUT2D eigenvalue weighted by Gasteiger charge is 2.33. The van der Waals surface area contributed by atoms with E-state index >= 15 is 0 Å². The minimum Gasteiger partial charge on any atom is -0.488 e. The number of aliphatic hydroxyl groups is 1. The summed E-state index contributed by atoms with van der Waals surface area (Å²) in [6.07, 6.45) is 5.38. The van der Waals surface area contributed by atoms with E-state index in [-0.39, 0.29) is 17.8 Å². The van der Waals surface area contributed by atoms with Crippen LogP contribution in [-0.4, -0.2) is 33.8 Å². The molecule has 1 aromatic heterocycles. The molecule has 6 heteroatoms. The fourth-order valence-electron chi connectivity index (χ4n) is 3.06. The fraction of sp³-hybridized carbons (Fsp3) is 0.471. The number of ether oxygens (including phenoxy) is 1. The van der Waals surface area contributed by atoms with Crippen LogP contribution in [0.2, 0.25) is 0 Å². The van der Waals surface area contributed by atoms with E-state index < -0.39 is 6.10 Å². The number of aromatic amines is 1. The second kappa shape index (κ2) is 7.57. The van der Waals surface area contributed by atoms with Gasteiger partial charge in [-0.3, -0.25) is 0 Å². The SMILES string of the molecule is O[C@@H]1[C@@H](CNCc2ncc[nH]2)CCC[C@H]1Oc1cccc(F)c1. The van der Waals surface area contributed by atoms with Gasteiger partial charge in [-0.05, 0) is 31.4 Å². The number of aliphatic hydroxyl groups excluding tert-OH is 1. The molecular weight excluding hydrogens is 297 g/mol. The van der Waals surface area contributed by atoms with Crippen molar-refractivity contribution in [2.24, 2.45) is 5.92 Å². The minimum absolute atomic E-state index is 0.122. The first kappa shape index (κ1) is 16.0. The molecule has 1 aliphatic rings. The second-order valence-electron chi connectivity index (χ2n) is 5.96. The number of hydrogen-bond acceptors (Lipinski definition) is 4. The van der Waals surface area contributed by atoms with Crippen molar-refractivity contribution in [3.05, 3.63) is 48.3 Å². The number of benzene rings is 1. The summed E-state index contributed by atoms with van der Waals surface area (Å²) in [5, 5.41) is 13.8. The molecular formula is C17H22FN3O2. The summed E-state index contributed by atoms with van der Waals surface area (Å²) in [5.74, 6) is 1.14. The van der Waals surface area contributed by atoms with Gasteiger partial charge in [0.2, 0.25) is 0 Å². The molecule has 1 fully saturated rings. The molecule has 3 atom stereocenters. The Morgan fingerprint density at radius 2 is 2.30 bits per heavy atom. The average Bonchev–Trinajstić information content (AvgIpc) is 3.04. The lowest BCUT2D eigenvalue weighted by Gasteiger charge is -2.35. The maximum Gasteiger partial charge on any atom is 0.126 e. The molecule has 3 rings (SSSR count). The number of nitrogens with one attached hydrogen (secondary N) is 2. The normalized spacial score (nSPS) is 24.5. The lowest BCUT2D eigenvalue weighted by Crippen LogP contribution is -2.44. The summed E-state index contributed by atoms with van der Waals surface area (Å²) < 4.78 is 19.0. The van der Waals surface area contributed by atoms with E-state index in [1.165, 1.54) is 12.1 Å². The summed E-state index contributed by atoms with van der Waals surface area (Å²) in [4.78, 5) is 7.19. The Morgan fingerprint density at radius 3 is 3.09 bits per heavy atom. The molecule has 0 amide bonds. The molecule has 1 aliphatic carbocycles. The molecule has 0 aliphatic heterocycles. The van der Waals surface area contributed by atoms with Crippen LogP contribution in [0.5, 0.6) is 5.75 Å². The van der Waals surface area contributed by atoms with Crippen LogP contribution in [0.1, 0.15) is 25.1 Å². The van der Waals surface area contributed by atoms with E-state index in [0.717, 1.165) is 25.1 Å². The molecule has 1 aromatic carbocycles. The molecule has 0 bridgehead atoms. The molecule has 23 heavy (non-hydrogen) atoms. The number of halogens is 1. The summed E-state index contributed by atoms with van der Waals surface area (Å²) in [7, 11) is 0. The molecule has 1 heterocycles. The molecule has 0 spiro atoms. The maximum absolute atomic E-state index is 13.2. The zero-order chi connectivity index (χ0) is 16.1. The number of H-pyrrole nitrogens is 1. The van der Waals surface area contributed by atoms with Gasteiger partial charge in [0.1, 0.15) is 23.5 Å². The fourth-order valence-corrected chi connectivity index (χ4v) is 3.06. The predicted octanol–water partition coefficient (Wildman–Crippen LogP) is 2.25. The van der Waals surface area contributed by atoms with Crippen molar-refractivity contribution in [2.45, 2.75) is 38.0 Å². The molecule has 3 N–H and O–H groups in total. The van der Waals surface area contributed by atoms with E-state index in [4.69, 9.17) is 4.74 Å². The Labute approximate surface area is 134 Å².